The Labute approximate surface area is 122 Å². The molecule has 0 spiro atoms. The molecule has 1 aromatic heterocycles. The minimum atomic E-state index is -0.737. The lowest BCUT2D eigenvalue weighted by molar-refractivity contribution is 0.0526. The van der Waals surface area contributed by atoms with Gasteiger partial charge in [0.1, 0.15) is 6.17 Å². The molecule has 1 aliphatic rings. The maximum absolute atomic E-state index is 13.0. The van der Waals surface area contributed by atoms with E-state index in [0.29, 0.717) is 25.3 Å². The van der Waals surface area contributed by atoms with E-state index in [4.69, 9.17) is 4.74 Å². The van der Waals surface area contributed by atoms with Gasteiger partial charge in [0, 0.05) is 17.3 Å². The fourth-order valence-corrected chi connectivity index (χ4v) is 2.57. The summed E-state index contributed by atoms with van der Waals surface area (Å²) in [7, 11) is 0. The second kappa shape index (κ2) is 5.31. The number of nitrogens with zero attached hydrogens (tertiary/aromatic N) is 2. The molecule has 4 nitrogen and oxygen atoms in total. The van der Waals surface area contributed by atoms with Gasteiger partial charge in [0.25, 0.3) is 0 Å². The average Bonchev–Trinajstić information content (AvgIpc) is 2.43. The summed E-state index contributed by atoms with van der Waals surface area (Å²) in [5.74, 6) is -0.364. The van der Waals surface area contributed by atoms with Crippen LogP contribution in [0.3, 0.4) is 0 Å². The van der Waals surface area contributed by atoms with Crippen molar-refractivity contribution in [1.29, 1.82) is 0 Å². The molecule has 0 bridgehead atoms. The van der Waals surface area contributed by atoms with Crippen LogP contribution >= 0.6 is 0 Å². The highest BCUT2D eigenvalue weighted by molar-refractivity contribution is 5.94. The van der Waals surface area contributed by atoms with Gasteiger partial charge in [0.05, 0.1) is 30.8 Å². The molecule has 0 N–H and O–H groups in total. The summed E-state index contributed by atoms with van der Waals surface area (Å²) < 4.78 is 18.0. The summed E-state index contributed by atoms with van der Waals surface area (Å²) in [6.45, 7) is 4.97. The Morgan fingerprint density at radius 2 is 2.19 bits per heavy atom. The number of hydrogen-bond donors (Lipinski definition) is 0. The van der Waals surface area contributed by atoms with Crippen molar-refractivity contribution in [3.63, 3.8) is 0 Å². The van der Waals surface area contributed by atoms with Crippen LogP contribution in [0.15, 0.2) is 24.4 Å². The largest absolute Gasteiger partial charge is 0.462 e. The van der Waals surface area contributed by atoms with Crippen LogP contribution in [0.25, 0.3) is 10.9 Å². The number of pyridine rings is 1. The zero-order valence-corrected chi connectivity index (χ0v) is 12.1. The third-order valence-electron chi connectivity index (χ3n) is 3.69. The van der Waals surface area contributed by atoms with Crippen LogP contribution in [-0.4, -0.2) is 36.8 Å². The van der Waals surface area contributed by atoms with E-state index in [2.05, 4.69) is 4.98 Å². The van der Waals surface area contributed by atoms with E-state index in [1.54, 1.807) is 13.0 Å². The summed E-state index contributed by atoms with van der Waals surface area (Å²) in [6.07, 6.45) is 0.785. The minimum absolute atomic E-state index is 0.341. The number of carbonyl (C=O) groups excluding carboxylic acids is 1. The molecule has 3 rings (SSSR count). The van der Waals surface area contributed by atoms with Gasteiger partial charge >= 0.3 is 5.97 Å². The number of halogens is 1. The van der Waals surface area contributed by atoms with Gasteiger partial charge in [-0.2, -0.15) is 0 Å². The first-order valence-electron chi connectivity index (χ1n) is 7.05. The van der Waals surface area contributed by atoms with Crippen LogP contribution in [-0.2, 0) is 4.74 Å². The zero-order valence-electron chi connectivity index (χ0n) is 12.1. The van der Waals surface area contributed by atoms with E-state index in [0.717, 1.165) is 22.2 Å². The van der Waals surface area contributed by atoms with Gasteiger partial charge in [0.15, 0.2) is 0 Å². The van der Waals surface area contributed by atoms with Gasteiger partial charge in [-0.3, -0.25) is 4.98 Å². The highest BCUT2D eigenvalue weighted by Gasteiger charge is 2.27. The Hall–Kier alpha value is -2.17. The first kappa shape index (κ1) is 13.8. The Balaban J connectivity index is 1.96. The summed E-state index contributed by atoms with van der Waals surface area (Å²) in [4.78, 5) is 18.1. The van der Waals surface area contributed by atoms with Crippen molar-refractivity contribution >= 4 is 22.6 Å². The first-order valence-corrected chi connectivity index (χ1v) is 7.05. The summed E-state index contributed by atoms with van der Waals surface area (Å²) in [6, 6.07) is 5.71. The highest BCUT2D eigenvalue weighted by atomic mass is 19.1. The lowest BCUT2D eigenvalue weighted by atomic mass is 10.0. The second-order valence-corrected chi connectivity index (χ2v) is 5.28. The van der Waals surface area contributed by atoms with Crippen LogP contribution in [0, 0.1) is 6.92 Å². The van der Waals surface area contributed by atoms with Crippen molar-refractivity contribution in [3.05, 3.63) is 35.5 Å². The van der Waals surface area contributed by atoms with E-state index < -0.39 is 6.17 Å². The number of carbonyl (C=O) groups is 1. The molecule has 1 aromatic carbocycles. The average molecular weight is 288 g/mol. The van der Waals surface area contributed by atoms with Crippen molar-refractivity contribution in [2.24, 2.45) is 0 Å². The molecule has 110 valence electrons. The molecule has 0 aliphatic carbocycles. The molecule has 2 heterocycles. The standard InChI is InChI=1S/C16H17FN2O2/c1-3-21-16(20)12-5-11-4-10(2)15(6-14(11)18-7-12)19-8-13(17)9-19/h4-7,13H,3,8-9H2,1-2H3. The van der Waals surface area contributed by atoms with E-state index in [-0.39, 0.29) is 5.97 Å². The molecule has 5 heteroatoms. The van der Waals surface area contributed by atoms with Gasteiger partial charge < -0.3 is 9.64 Å². The highest BCUT2D eigenvalue weighted by Crippen LogP contribution is 2.30. The van der Waals surface area contributed by atoms with E-state index in [9.17, 15) is 9.18 Å². The number of alkyl halides is 1. The molecule has 0 amide bonds. The van der Waals surface area contributed by atoms with Crippen molar-refractivity contribution in [2.75, 3.05) is 24.6 Å². The maximum atomic E-state index is 13.0. The Morgan fingerprint density at radius 1 is 1.43 bits per heavy atom. The molecule has 1 aliphatic heterocycles. The van der Waals surface area contributed by atoms with Gasteiger partial charge in [-0.25, -0.2) is 9.18 Å². The molecule has 21 heavy (non-hydrogen) atoms. The van der Waals surface area contributed by atoms with Crippen molar-refractivity contribution in [3.8, 4) is 0 Å². The number of aryl methyl sites for hydroxylation is 1. The molecule has 0 atom stereocenters. The molecule has 1 saturated heterocycles. The normalized spacial score (nSPS) is 15.1. The predicted octanol–water partition coefficient (Wildman–Crippen LogP) is 2.88. The molecule has 0 radical (unpaired) electrons. The van der Waals surface area contributed by atoms with Crippen molar-refractivity contribution in [1.82, 2.24) is 4.98 Å². The monoisotopic (exact) mass is 288 g/mol. The van der Waals surface area contributed by atoms with Gasteiger partial charge in [0.2, 0.25) is 0 Å². The molecular formula is C16H17FN2O2. The van der Waals surface area contributed by atoms with Crippen LogP contribution in [0.2, 0.25) is 0 Å². The third kappa shape index (κ3) is 2.55. The summed E-state index contributed by atoms with van der Waals surface area (Å²) >= 11 is 0. The second-order valence-electron chi connectivity index (χ2n) is 5.28. The molecule has 1 fully saturated rings. The number of benzene rings is 1. The van der Waals surface area contributed by atoms with Gasteiger partial charge in [-0.15, -0.1) is 0 Å². The number of rotatable bonds is 3. The van der Waals surface area contributed by atoms with Crippen molar-refractivity contribution in [2.45, 2.75) is 20.0 Å². The lowest BCUT2D eigenvalue weighted by Gasteiger charge is -2.37. The SMILES string of the molecule is CCOC(=O)c1cnc2cc(N3CC(F)C3)c(C)cc2c1. The Kier molecular flexibility index (Phi) is 3.49. The molecular weight excluding hydrogens is 271 g/mol. The lowest BCUT2D eigenvalue weighted by Crippen LogP contribution is -2.48. The Bertz CT molecular complexity index is 696. The molecule has 0 saturated carbocycles. The minimum Gasteiger partial charge on any atom is -0.462 e. The number of anilines is 1. The fourth-order valence-electron chi connectivity index (χ4n) is 2.57. The number of aromatic nitrogens is 1. The number of hydrogen-bond acceptors (Lipinski definition) is 4. The third-order valence-corrected chi connectivity index (χ3v) is 3.69. The summed E-state index contributed by atoms with van der Waals surface area (Å²) in [5, 5.41) is 0.888. The quantitative estimate of drug-likeness (QED) is 0.814. The van der Waals surface area contributed by atoms with Crippen LogP contribution in [0.4, 0.5) is 10.1 Å². The van der Waals surface area contributed by atoms with E-state index in [1.807, 2.05) is 24.0 Å². The number of fused-ring (bicyclic) bond motifs is 1. The van der Waals surface area contributed by atoms with Crippen LogP contribution in [0.1, 0.15) is 22.8 Å². The Morgan fingerprint density at radius 3 is 2.86 bits per heavy atom. The van der Waals surface area contributed by atoms with E-state index in [1.165, 1.54) is 6.20 Å². The van der Waals surface area contributed by atoms with Gasteiger partial charge in [-0.1, -0.05) is 0 Å². The van der Waals surface area contributed by atoms with Crippen molar-refractivity contribution < 1.29 is 13.9 Å². The first-order chi connectivity index (χ1) is 10.1. The maximum Gasteiger partial charge on any atom is 0.339 e. The van der Waals surface area contributed by atoms with E-state index >= 15 is 0 Å². The zero-order chi connectivity index (χ0) is 15.0. The van der Waals surface area contributed by atoms with Gasteiger partial charge in [-0.05, 0) is 37.6 Å². The fraction of sp³-hybridized carbons (Fsp3) is 0.375. The topological polar surface area (TPSA) is 42.4 Å². The molecule has 2 aromatic rings. The van der Waals surface area contributed by atoms with Crippen LogP contribution < -0.4 is 4.90 Å². The smallest absolute Gasteiger partial charge is 0.339 e. The molecule has 0 unspecified atom stereocenters. The van der Waals surface area contributed by atoms with Crippen LogP contribution in [0.5, 0.6) is 0 Å². The predicted molar refractivity (Wildman–Crippen MR) is 79.5 cm³/mol. The number of esters is 1. The number of ether oxygens (including phenoxy) is 1. The summed E-state index contributed by atoms with van der Waals surface area (Å²) in [5.41, 5.74) is 3.31.